The molecule has 0 saturated carbocycles. The lowest BCUT2D eigenvalue weighted by molar-refractivity contribution is 0.656. The highest BCUT2D eigenvalue weighted by Gasteiger charge is 2.38. The van der Waals surface area contributed by atoms with Crippen LogP contribution in [0.3, 0.4) is 0 Å². The molecule has 1 aliphatic rings. The van der Waals surface area contributed by atoms with Crippen LogP contribution in [0, 0.1) is 0 Å². The van der Waals surface area contributed by atoms with Crippen LogP contribution in [0.1, 0.15) is 25.0 Å². The number of fused-ring (bicyclic) bond motifs is 9. The van der Waals surface area contributed by atoms with Gasteiger partial charge in [-0.3, -0.25) is 0 Å². The monoisotopic (exact) mass is 676 g/mol. The molecule has 2 heteroatoms. The molecule has 53 heavy (non-hydrogen) atoms. The minimum atomic E-state index is -0.115. The lowest BCUT2D eigenvalue weighted by atomic mass is 9.81. The zero-order chi connectivity index (χ0) is 35.3. The Labute approximate surface area is 308 Å². The molecule has 0 N–H and O–H groups in total. The SMILES string of the molecule is CC1(C)c2ccccc2-c2cccc(-n3c4ccccc4c4cc(-c5ccc6c(c5)c5ccccc5n6-c5ccccc5-c5ccccc5)ccc43)c21. The van der Waals surface area contributed by atoms with Gasteiger partial charge in [0.2, 0.25) is 0 Å². The Balaban J connectivity index is 1.10. The van der Waals surface area contributed by atoms with Gasteiger partial charge in [-0.2, -0.15) is 0 Å². The van der Waals surface area contributed by atoms with Gasteiger partial charge in [0.25, 0.3) is 0 Å². The predicted molar refractivity (Wildman–Crippen MR) is 224 cm³/mol. The third-order valence-corrected chi connectivity index (χ3v) is 11.7. The molecular weight excluding hydrogens is 641 g/mol. The first kappa shape index (κ1) is 30.0. The highest BCUT2D eigenvalue weighted by Crippen LogP contribution is 2.52. The lowest BCUT2D eigenvalue weighted by Gasteiger charge is -2.25. The molecule has 8 aromatic carbocycles. The van der Waals surface area contributed by atoms with E-state index in [1.807, 2.05) is 0 Å². The Morgan fingerprint density at radius 2 is 0.830 bits per heavy atom. The Kier molecular flexibility index (Phi) is 6.33. The van der Waals surface area contributed by atoms with Crippen molar-refractivity contribution in [3.63, 3.8) is 0 Å². The molecule has 10 aromatic rings. The van der Waals surface area contributed by atoms with E-state index >= 15 is 0 Å². The van der Waals surface area contributed by atoms with Gasteiger partial charge >= 0.3 is 0 Å². The topological polar surface area (TPSA) is 9.86 Å². The van der Waals surface area contributed by atoms with Gasteiger partial charge in [0, 0.05) is 32.5 Å². The van der Waals surface area contributed by atoms with Crippen LogP contribution in [-0.4, -0.2) is 9.13 Å². The van der Waals surface area contributed by atoms with Crippen LogP contribution in [0.2, 0.25) is 0 Å². The van der Waals surface area contributed by atoms with Crippen LogP contribution in [0.4, 0.5) is 0 Å². The number of para-hydroxylation sites is 3. The summed E-state index contributed by atoms with van der Waals surface area (Å²) in [5, 5.41) is 5.05. The van der Waals surface area contributed by atoms with Crippen molar-refractivity contribution in [2.75, 3.05) is 0 Å². The first-order chi connectivity index (χ1) is 26.1. The number of rotatable bonds is 4. The van der Waals surface area contributed by atoms with Crippen molar-refractivity contribution in [2.45, 2.75) is 19.3 Å². The number of hydrogen-bond acceptors (Lipinski definition) is 0. The van der Waals surface area contributed by atoms with Crippen molar-refractivity contribution >= 4 is 43.6 Å². The number of hydrogen-bond donors (Lipinski definition) is 0. The molecule has 1 aliphatic carbocycles. The molecule has 0 fully saturated rings. The van der Waals surface area contributed by atoms with Gasteiger partial charge in [0.05, 0.1) is 33.4 Å². The molecule has 250 valence electrons. The van der Waals surface area contributed by atoms with Gasteiger partial charge in [-0.15, -0.1) is 0 Å². The van der Waals surface area contributed by atoms with Crippen molar-refractivity contribution in [2.24, 2.45) is 0 Å². The number of nitrogens with zero attached hydrogens (tertiary/aromatic N) is 2. The predicted octanol–water partition coefficient (Wildman–Crippen LogP) is 13.5. The zero-order valence-electron chi connectivity index (χ0n) is 29.7. The summed E-state index contributed by atoms with van der Waals surface area (Å²) in [4.78, 5) is 0. The van der Waals surface area contributed by atoms with Crippen LogP contribution in [-0.2, 0) is 5.41 Å². The van der Waals surface area contributed by atoms with E-state index in [2.05, 4.69) is 205 Å². The van der Waals surface area contributed by atoms with Crippen LogP contribution in [0.15, 0.2) is 182 Å². The van der Waals surface area contributed by atoms with Crippen LogP contribution >= 0.6 is 0 Å². The van der Waals surface area contributed by atoms with Crippen molar-refractivity contribution in [3.05, 3.63) is 193 Å². The van der Waals surface area contributed by atoms with E-state index in [0.29, 0.717) is 0 Å². The molecule has 0 amide bonds. The summed E-state index contributed by atoms with van der Waals surface area (Å²) in [5.41, 5.74) is 17.5. The summed E-state index contributed by atoms with van der Waals surface area (Å²) in [6.45, 7) is 4.75. The average Bonchev–Trinajstić information content (AvgIpc) is 3.81. The fourth-order valence-electron chi connectivity index (χ4n) is 9.36. The average molecular weight is 677 g/mol. The maximum Gasteiger partial charge on any atom is 0.0541 e. The van der Waals surface area contributed by atoms with Crippen molar-refractivity contribution in [1.82, 2.24) is 9.13 Å². The summed E-state index contributed by atoms with van der Waals surface area (Å²) in [6.07, 6.45) is 0. The third-order valence-electron chi connectivity index (χ3n) is 11.7. The molecule has 2 aromatic heterocycles. The summed E-state index contributed by atoms with van der Waals surface area (Å²) >= 11 is 0. The van der Waals surface area contributed by atoms with E-state index < -0.39 is 0 Å². The Morgan fingerprint density at radius 3 is 1.51 bits per heavy atom. The van der Waals surface area contributed by atoms with Crippen molar-refractivity contribution in [1.29, 1.82) is 0 Å². The summed E-state index contributed by atoms with van der Waals surface area (Å²) in [6, 6.07) is 67.0. The largest absolute Gasteiger partial charge is 0.309 e. The summed E-state index contributed by atoms with van der Waals surface area (Å²) in [5.74, 6) is 0. The second kappa shape index (κ2) is 11.2. The minimum absolute atomic E-state index is 0.115. The van der Waals surface area contributed by atoms with Crippen molar-refractivity contribution in [3.8, 4) is 44.8 Å². The normalized spacial score (nSPS) is 13.2. The fraction of sp³-hybridized carbons (Fsp3) is 0.0588. The summed E-state index contributed by atoms with van der Waals surface area (Å²) < 4.78 is 4.94. The highest BCUT2D eigenvalue weighted by molar-refractivity contribution is 6.13. The van der Waals surface area contributed by atoms with E-state index in [1.54, 1.807) is 0 Å². The van der Waals surface area contributed by atoms with Crippen LogP contribution in [0.5, 0.6) is 0 Å². The van der Waals surface area contributed by atoms with Crippen molar-refractivity contribution < 1.29 is 0 Å². The molecule has 0 spiro atoms. The molecule has 0 atom stereocenters. The minimum Gasteiger partial charge on any atom is -0.309 e. The number of aromatic nitrogens is 2. The van der Waals surface area contributed by atoms with Crippen LogP contribution < -0.4 is 0 Å². The Bertz CT molecular complexity index is 3080. The third kappa shape index (κ3) is 4.27. The summed E-state index contributed by atoms with van der Waals surface area (Å²) in [7, 11) is 0. The molecule has 11 rings (SSSR count). The maximum absolute atomic E-state index is 2.50. The van der Waals surface area contributed by atoms with E-state index in [0.717, 1.165) is 0 Å². The fourth-order valence-corrected chi connectivity index (χ4v) is 9.36. The smallest absolute Gasteiger partial charge is 0.0541 e. The molecule has 0 bridgehead atoms. The van der Waals surface area contributed by atoms with Gasteiger partial charge in [-0.05, 0) is 87.5 Å². The first-order valence-corrected chi connectivity index (χ1v) is 18.5. The number of benzene rings is 8. The lowest BCUT2D eigenvalue weighted by Crippen LogP contribution is -2.17. The van der Waals surface area contributed by atoms with Gasteiger partial charge in [0.15, 0.2) is 0 Å². The van der Waals surface area contributed by atoms with Gasteiger partial charge < -0.3 is 9.13 Å². The Hall–Kier alpha value is -6.64. The van der Waals surface area contributed by atoms with E-state index in [-0.39, 0.29) is 5.41 Å². The van der Waals surface area contributed by atoms with E-state index in [4.69, 9.17) is 0 Å². The quantitative estimate of drug-likeness (QED) is 0.176. The second-order valence-electron chi connectivity index (χ2n) is 14.9. The highest BCUT2D eigenvalue weighted by atomic mass is 15.0. The first-order valence-electron chi connectivity index (χ1n) is 18.5. The molecule has 0 saturated heterocycles. The van der Waals surface area contributed by atoms with Gasteiger partial charge in [-0.1, -0.05) is 147 Å². The molecule has 0 unspecified atom stereocenters. The Morgan fingerprint density at radius 1 is 0.340 bits per heavy atom. The zero-order valence-corrected chi connectivity index (χ0v) is 29.7. The molecule has 0 aliphatic heterocycles. The van der Waals surface area contributed by atoms with Gasteiger partial charge in [-0.25, -0.2) is 0 Å². The molecule has 0 radical (unpaired) electrons. The maximum atomic E-state index is 2.50. The van der Waals surface area contributed by atoms with Gasteiger partial charge in [0.1, 0.15) is 0 Å². The molecule has 2 nitrogen and oxygen atoms in total. The van der Waals surface area contributed by atoms with E-state index in [9.17, 15) is 0 Å². The second-order valence-corrected chi connectivity index (χ2v) is 14.9. The standard InChI is InChI=1S/C51H36N2/c1-51(2)43-22-10-6-18-37(43)40-21-14-26-49(50(40)51)53-46-25-13-9-20-39(46)42-32-35(28-30-48(42)53)34-27-29-47-41(31-34)38-19-8-12-24-45(38)52(47)44-23-11-7-17-36(44)33-15-4-3-5-16-33/h3-32H,1-2H3. The van der Waals surface area contributed by atoms with E-state index in [1.165, 1.54) is 99.5 Å². The molecular formula is C51H36N2. The van der Waals surface area contributed by atoms with Crippen LogP contribution in [0.25, 0.3) is 88.4 Å². The molecule has 2 heterocycles.